The van der Waals surface area contributed by atoms with E-state index in [1.54, 1.807) is 0 Å². The van der Waals surface area contributed by atoms with E-state index in [-0.39, 0.29) is 23.1 Å². The zero-order chi connectivity index (χ0) is 8.43. The summed E-state index contributed by atoms with van der Waals surface area (Å²) in [5.41, 5.74) is -0.509. The van der Waals surface area contributed by atoms with Crippen LogP contribution in [-0.4, -0.2) is 35.0 Å². The molecule has 0 aliphatic rings. The van der Waals surface area contributed by atoms with Gasteiger partial charge < -0.3 is 24.2 Å². The van der Waals surface area contributed by atoms with Crippen LogP contribution in [0.1, 0.15) is 20.9 Å². The Labute approximate surface area is 83.1 Å². The molecule has 0 fully saturated rings. The zero-order valence-corrected chi connectivity index (χ0v) is 7.32. The SMILES string of the molecule is O=C([O-])c1ccoc1C(=O)[O-].[Mg+2]. The van der Waals surface area contributed by atoms with Crippen molar-refractivity contribution in [2.45, 2.75) is 0 Å². The monoisotopic (exact) mass is 178 g/mol. The Morgan fingerprint density at radius 2 is 1.83 bits per heavy atom. The molecule has 0 saturated carbocycles. The average molecular weight is 178 g/mol. The van der Waals surface area contributed by atoms with Crippen molar-refractivity contribution < 1.29 is 24.2 Å². The third-order valence-corrected chi connectivity index (χ3v) is 1.07. The van der Waals surface area contributed by atoms with E-state index < -0.39 is 23.3 Å². The molecule has 0 spiro atoms. The Bertz CT molecular complexity index is 274. The van der Waals surface area contributed by atoms with Gasteiger partial charge in [-0.05, 0) is 6.07 Å². The summed E-state index contributed by atoms with van der Waals surface area (Å²) in [6.07, 6.45) is 0.941. The van der Waals surface area contributed by atoms with Crippen molar-refractivity contribution in [3.05, 3.63) is 23.7 Å². The molecule has 0 saturated heterocycles. The van der Waals surface area contributed by atoms with E-state index in [1.165, 1.54) is 0 Å². The number of carbonyl (C=O) groups excluding carboxylic acids is 2. The Hall–Kier alpha value is -1.01. The van der Waals surface area contributed by atoms with Gasteiger partial charge in [-0.15, -0.1) is 0 Å². The summed E-state index contributed by atoms with van der Waals surface area (Å²) in [4.78, 5) is 20.2. The van der Waals surface area contributed by atoms with Crippen LogP contribution in [-0.2, 0) is 0 Å². The van der Waals surface area contributed by atoms with Gasteiger partial charge in [0.1, 0.15) is 5.97 Å². The number of hydrogen-bond acceptors (Lipinski definition) is 5. The van der Waals surface area contributed by atoms with Crippen LogP contribution in [0.3, 0.4) is 0 Å². The topological polar surface area (TPSA) is 93.4 Å². The second-order valence-corrected chi connectivity index (χ2v) is 1.74. The van der Waals surface area contributed by atoms with Gasteiger partial charge in [0.15, 0.2) is 5.76 Å². The maximum atomic E-state index is 10.1. The fraction of sp³-hybridized carbons (Fsp3) is 0. The van der Waals surface area contributed by atoms with Crippen molar-refractivity contribution in [3.63, 3.8) is 0 Å². The molecule has 0 atom stereocenters. The molecule has 0 aliphatic heterocycles. The predicted molar refractivity (Wildman–Crippen MR) is 33.1 cm³/mol. The standard InChI is InChI=1S/C6H4O5.Mg/c7-5(8)3-1-2-11-4(3)6(9)10;/h1-2H,(H,7,8)(H,9,10);/q;+2/p-2. The summed E-state index contributed by atoms with van der Waals surface area (Å²) in [5, 5.41) is 20.2. The van der Waals surface area contributed by atoms with Crippen molar-refractivity contribution in [1.29, 1.82) is 0 Å². The maximum Gasteiger partial charge on any atom is 2.00 e. The number of carboxylic acid groups (broad SMARTS) is 2. The maximum absolute atomic E-state index is 10.1. The summed E-state index contributed by atoms with van der Waals surface area (Å²) in [5.74, 6) is -3.99. The normalized spacial score (nSPS) is 8.67. The van der Waals surface area contributed by atoms with Gasteiger partial charge in [-0.3, -0.25) is 0 Å². The first kappa shape index (κ1) is 11.0. The van der Waals surface area contributed by atoms with Crippen LogP contribution in [0.2, 0.25) is 0 Å². The number of rotatable bonds is 2. The number of carbonyl (C=O) groups is 2. The van der Waals surface area contributed by atoms with E-state index in [2.05, 4.69) is 4.42 Å². The van der Waals surface area contributed by atoms with Crippen LogP contribution in [0, 0.1) is 0 Å². The minimum Gasteiger partial charge on any atom is -0.545 e. The number of aromatic carboxylic acids is 2. The van der Waals surface area contributed by atoms with E-state index in [9.17, 15) is 19.8 Å². The first-order chi connectivity index (χ1) is 5.13. The second kappa shape index (κ2) is 4.12. The Kier molecular flexibility index (Phi) is 3.77. The van der Waals surface area contributed by atoms with E-state index in [0.29, 0.717) is 0 Å². The number of furan rings is 1. The van der Waals surface area contributed by atoms with Crippen LogP contribution >= 0.6 is 0 Å². The van der Waals surface area contributed by atoms with Crippen molar-refractivity contribution in [2.24, 2.45) is 0 Å². The van der Waals surface area contributed by atoms with Crippen LogP contribution in [0.4, 0.5) is 0 Å². The predicted octanol–water partition coefficient (Wildman–Crippen LogP) is -2.37. The van der Waals surface area contributed by atoms with Gasteiger partial charge >= 0.3 is 23.1 Å². The summed E-state index contributed by atoms with van der Waals surface area (Å²) in [6, 6.07) is 0.987. The second-order valence-electron chi connectivity index (χ2n) is 1.74. The van der Waals surface area contributed by atoms with Crippen molar-refractivity contribution in [3.8, 4) is 0 Å². The zero-order valence-electron chi connectivity index (χ0n) is 5.90. The molecule has 0 radical (unpaired) electrons. The van der Waals surface area contributed by atoms with Crippen LogP contribution in [0.15, 0.2) is 16.7 Å². The van der Waals surface area contributed by atoms with Gasteiger partial charge in [-0.1, -0.05) is 0 Å². The fourth-order valence-corrected chi connectivity index (χ4v) is 0.628. The first-order valence-corrected chi connectivity index (χ1v) is 2.63. The molecule has 0 N–H and O–H groups in total. The Morgan fingerprint density at radius 1 is 1.25 bits per heavy atom. The molecule has 0 aliphatic carbocycles. The van der Waals surface area contributed by atoms with Gasteiger partial charge in [0, 0.05) is 5.56 Å². The quantitative estimate of drug-likeness (QED) is 0.472. The van der Waals surface area contributed by atoms with Gasteiger partial charge in [0.2, 0.25) is 0 Å². The number of hydrogen-bond donors (Lipinski definition) is 0. The van der Waals surface area contributed by atoms with Crippen molar-refractivity contribution in [2.75, 3.05) is 0 Å². The molecule has 58 valence electrons. The van der Waals surface area contributed by atoms with Crippen molar-refractivity contribution in [1.82, 2.24) is 0 Å². The van der Waals surface area contributed by atoms with Crippen LogP contribution < -0.4 is 10.2 Å². The Balaban J connectivity index is 0.00000121. The fourth-order valence-electron chi connectivity index (χ4n) is 0.628. The molecule has 1 heterocycles. The van der Waals surface area contributed by atoms with Gasteiger partial charge in [0.05, 0.1) is 12.2 Å². The summed E-state index contributed by atoms with van der Waals surface area (Å²) < 4.78 is 4.30. The third-order valence-electron chi connectivity index (χ3n) is 1.07. The molecule has 6 heteroatoms. The molecule has 0 aromatic carbocycles. The van der Waals surface area contributed by atoms with Gasteiger partial charge in [-0.2, -0.15) is 0 Å². The molecule has 5 nitrogen and oxygen atoms in total. The van der Waals surface area contributed by atoms with Gasteiger partial charge in [0.25, 0.3) is 0 Å². The van der Waals surface area contributed by atoms with Gasteiger partial charge in [-0.25, -0.2) is 0 Å². The molecule has 1 rings (SSSR count). The molecular weight excluding hydrogens is 176 g/mol. The summed E-state index contributed by atoms with van der Waals surface area (Å²) in [7, 11) is 0. The summed E-state index contributed by atoms with van der Waals surface area (Å²) in [6.45, 7) is 0. The first-order valence-electron chi connectivity index (χ1n) is 2.63. The minimum absolute atomic E-state index is 0. The van der Waals surface area contributed by atoms with E-state index >= 15 is 0 Å². The molecule has 0 bridgehead atoms. The number of carboxylic acids is 2. The Morgan fingerprint density at radius 3 is 2.17 bits per heavy atom. The molecule has 0 amide bonds. The molecule has 0 unspecified atom stereocenters. The van der Waals surface area contributed by atoms with Crippen LogP contribution in [0.5, 0.6) is 0 Å². The minimum atomic E-state index is -1.67. The molecule has 1 aromatic heterocycles. The third kappa shape index (κ3) is 1.99. The van der Waals surface area contributed by atoms with E-state index in [4.69, 9.17) is 0 Å². The average Bonchev–Trinajstić information content (AvgIpc) is 2.32. The summed E-state index contributed by atoms with van der Waals surface area (Å²) >= 11 is 0. The molecule has 12 heavy (non-hydrogen) atoms. The van der Waals surface area contributed by atoms with E-state index in [0.717, 1.165) is 12.3 Å². The largest absolute Gasteiger partial charge is 2.00 e. The molecule has 1 aromatic rings. The smallest absolute Gasteiger partial charge is 0.545 e. The van der Waals surface area contributed by atoms with Crippen molar-refractivity contribution >= 4 is 35.0 Å². The van der Waals surface area contributed by atoms with Crippen LogP contribution in [0.25, 0.3) is 0 Å². The van der Waals surface area contributed by atoms with E-state index in [1.807, 2.05) is 0 Å². The molecular formula is C6H2MgO5.